The molecule has 20 heavy (non-hydrogen) atoms. The normalized spacial score (nSPS) is 22.7. The van der Waals surface area contributed by atoms with Gasteiger partial charge in [-0.2, -0.15) is 0 Å². The molecule has 1 aliphatic carbocycles. The summed E-state index contributed by atoms with van der Waals surface area (Å²) in [7, 11) is 1.79. The van der Waals surface area contributed by atoms with E-state index in [1.54, 1.807) is 7.11 Å². The molecule has 4 heteroatoms. The number of ether oxygens (including phenoxy) is 2. The lowest BCUT2D eigenvalue weighted by Crippen LogP contribution is -2.27. The lowest BCUT2D eigenvalue weighted by Gasteiger charge is -2.28. The van der Waals surface area contributed by atoms with Crippen LogP contribution in [-0.4, -0.2) is 30.8 Å². The Balaban J connectivity index is 1.81. The van der Waals surface area contributed by atoms with Crippen LogP contribution in [0.1, 0.15) is 44.7 Å². The van der Waals surface area contributed by atoms with E-state index in [1.807, 2.05) is 18.2 Å². The Morgan fingerprint density at radius 2 is 2.15 bits per heavy atom. The molecular formula is C16H26N2O2. The molecule has 1 saturated carbocycles. The third-order valence-corrected chi connectivity index (χ3v) is 3.74. The number of nitrogens with zero attached hydrogens (tertiary/aromatic N) is 1. The monoisotopic (exact) mass is 278 g/mol. The van der Waals surface area contributed by atoms with Crippen LogP contribution in [0, 0.1) is 0 Å². The molecule has 0 aromatic carbocycles. The molecule has 0 bridgehead atoms. The number of nitrogens with one attached hydrogen (secondary N) is 1. The largest absolute Gasteiger partial charge is 0.381 e. The summed E-state index contributed by atoms with van der Waals surface area (Å²) < 4.78 is 11.4. The number of hydrogen-bond donors (Lipinski definition) is 1. The topological polar surface area (TPSA) is 43.4 Å². The van der Waals surface area contributed by atoms with E-state index in [0.29, 0.717) is 18.8 Å². The van der Waals surface area contributed by atoms with Crippen molar-refractivity contribution in [3.8, 4) is 0 Å². The summed E-state index contributed by atoms with van der Waals surface area (Å²) in [4.78, 5) is 4.57. The van der Waals surface area contributed by atoms with Crippen LogP contribution in [0.4, 0.5) is 5.82 Å². The summed E-state index contributed by atoms with van der Waals surface area (Å²) in [6.45, 7) is 3.69. The van der Waals surface area contributed by atoms with Crippen LogP contribution in [0.5, 0.6) is 0 Å². The summed E-state index contributed by atoms with van der Waals surface area (Å²) in [5.41, 5.74) is 0.991. The predicted molar refractivity (Wildman–Crippen MR) is 80.9 cm³/mol. The summed E-state index contributed by atoms with van der Waals surface area (Å²) in [5.74, 6) is 0.936. The fourth-order valence-corrected chi connectivity index (χ4v) is 2.58. The maximum atomic E-state index is 5.99. The predicted octanol–water partition coefficient (Wildman–Crippen LogP) is 3.38. The quantitative estimate of drug-likeness (QED) is 0.830. The van der Waals surface area contributed by atoms with Gasteiger partial charge in [-0.15, -0.1) is 0 Å². The van der Waals surface area contributed by atoms with Crippen LogP contribution in [0.2, 0.25) is 0 Å². The van der Waals surface area contributed by atoms with E-state index < -0.39 is 0 Å². The average Bonchev–Trinajstić information content (AvgIpc) is 2.51. The standard InChI is InChI=1S/C16H26N2O2/c1-3-10-17-16-9-4-6-13(18-16)12-20-15-8-5-7-14(11-15)19-2/h4,6,9,14-15H,3,5,7-8,10-12H2,1-2H3,(H,17,18). The van der Waals surface area contributed by atoms with Gasteiger partial charge < -0.3 is 14.8 Å². The molecule has 4 nitrogen and oxygen atoms in total. The average molecular weight is 278 g/mol. The van der Waals surface area contributed by atoms with Gasteiger partial charge in [0.1, 0.15) is 5.82 Å². The van der Waals surface area contributed by atoms with Crippen LogP contribution in [0.25, 0.3) is 0 Å². The molecule has 1 aromatic heterocycles. The van der Waals surface area contributed by atoms with Crippen molar-refractivity contribution in [2.45, 2.75) is 57.8 Å². The fraction of sp³-hybridized carbons (Fsp3) is 0.688. The molecule has 0 saturated heterocycles. The number of aromatic nitrogens is 1. The molecule has 2 rings (SSSR count). The maximum absolute atomic E-state index is 5.99. The Morgan fingerprint density at radius 1 is 1.30 bits per heavy atom. The number of hydrogen-bond acceptors (Lipinski definition) is 4. The Kier molecular flexibility index (Phi) is 6.27. The van der Waals surface area contributed by atoms with E-state index in [0.717, 1.165) is 43.7 Å². The number of anilines is 1. The zero-order chi connectivity index (χ0) is 14.2. The second kappa shape index (κ2) is 8.22. The number of methoxy groups -OCH3 is 1. The Bertz CT molecular complexity index is 398. The van der Waals surface area contributed by atoms with E-state index in [2.05, 4.69) is 17.2 Å². The van der Waals surface area contributed by atoms with Gasteiger partial charge in [-0.3, -0.25) is 0 Å². The molecule has 0 amide bonds. The molecule has 0 aliphatic heterocycles. The molecular weight excluding hydrogens is 252 g/mol. The first-order valence-corrected chi connectivity index (χ1v) is 7.66. The zero-order valence-electron chi connectivity index (χ0n) is 12.6. The molecule has 1 fully saturated rings. The van der Waals surface area contributed by atoms with Gasteiger partial charge in [-0.1, -0.05) is 13.0 Å². The van der Waals surface area contributed by atoms with Crippen LogP contribution < -0.4 is 5.32 Å². The van der Waals surface area contributed by atoms with Crippen LogP contribution >= 0.6 is 0 Å². The summed E-state index contributed by atoms with van der Waals surface area (Å²) >= 11 is 0. The van der Waals surface area contributed by atoms with Crippen LogP contribution in [0.15, 0.2) is 18.2 Å². The van der Waals surface area contributed by atoms with Crippen molar-refractivity contribution in [1.82, 2.24) is 4.98 Å². The highest BCUT2D eigenvalue weighted by atomic mass is 16.5. The minimum absolute atomic E-state index is 0.308. The van der Waals surface area contributed by atoms with Gasteiger partial charge in [-0.25, -0.2) is 4.98 Å². The van der Waals surface area contributed by atoms with Gasteiger partial charge in [0.15, 0.2) is 0 Å². The molecule has 112 valence electrons. The third kappa shape index (κ3) is 4.76. The Morgan fingerprint density at radius 3 is 2.95 bits per heavy atom. The maximum Gasteiger partial charge on any atom is 0.126 e. The van der Waals surface area contributed by atoms with Gasteiger partial charge in [0.25, 0.3) is 0 Å². The SMILES string of the molecule is CCCNc1cccc(COC2CCCC(OC)C2)n1. The third-order valence-electron chi connectivity index (χ3n) is 3.74. The van der Waals surface area contributed by atoms with E-state index in [9.17, 15) is 0 Å². The molecule has 1 N–H and O–H groups in total. The van der Waals surface area contributed by atoms with Crippen molar-refractivity contribution in [2.75, 3.05) is 19.0 Å². The van der Waals surface area contributed by atoms with Gasteiger partial charge >= 0.3 is 0 Å². The summed E-state index contributed by atoms with van der Waals surface area (Å²) in [6, 6.07) is 6.05. The van der Waals surface area contributed by atoms with Crippen molar-refractivity contribution in [3.05, 3.63) is 23.9 Å². The van der Waals surface area contributed by atoms with Crippen LogP contribution in [-0.2, 0) is 16.1 Å². The Labute approximate surface area is 121 Å². The van der Waals surface area contributed by atoms with Crippen molar-refractivity contribution >= 4 is 5.82 Å². The number of rotatable bonds is 7. The number of pyridine rings is 1. The first-order chi connectivity index (χ1) is 9.81. The molecule has 0 radical (unpaired) electrons. The molecule has 2 atom stereocenters. The molecule has 0 spiro atoms. The molecule has 1 aliphatic rings. The van der Waals surface area contributed by atoms with Crippen molar-refractivity contribution in [2.24, 2.45) is 0 Å². The van der Waals surface area contributed by atoms with Crippen LogP contribution in [0.3, 0.4) is 0 Å². The van der Waals surface area contributed by atoms with Gasteiger partial charge in [0.2, 0.25) is 0 Å². The summed E-state index contributed by atoms with van der Waals surface area (Å²) in [5, 5.41) is 3.30. The molecule has 1 aromatic rings. The summed E-state index contributed by atoms with van der Waals surface area (Å²) in [6.07, 6.45) is 6.25. The van der Waals surface area contributed by atoms with Gasteiger partial charge in [0, 0.05) is 13.7 Å². The van der Waals surface area contributed by atoms with Crippen molar-refractivity contribution in [3.63, 3.8) is 0 Å². The highest BCUT2D eigenvalue weighted by Crippen LogP contribution is 2.23. The van der Waals surface area contributed by atoms with E-state index in [-0.39, 0.29) is 0 Å². The minimum atomic E-state index is 0.308. The zero-order valence-corrected chi connectivity index (χ0v) is 12.6. The van der Waals surface area contributed by atoms with Crippen molar-refractivity contribution in [1.29, 1.82) is 0 Å². The van der Waals surface area contributed by atoms with Gasteiger partial charge in [0.05, 0.1) is 24.5 Å². The van der Waals surface area contributed by atoms with E-state index in [1.165, 1.54) is 6.42 Å². The second-order valence-electron chi connectivity index (χ2n) is 5.40. The highest BCUT2D eigenvalue weighted by molar-refractivity contribution is 5.34. The lowest BCUT2D eigenvalue weighted by atomic mass is 9.95. The minimum Gasteiger partial charge on any atom is -0.381 e. The molecule has 1 heterocycles. The van der Waals surface area contributed by atoms with Gasteiger partial charge in [-0.05, 0) is 44.2 Å². The second-order valence-corrected chi connectivity index (χ2v) is 5.40. The molecule has 2 unspecified atom stereocenters. The highest BCUT2D eigenvalue weighted by Gasteiger charge is 2.22. The lowest BCUT2D eigenvalue weighted by molar-refractivity contribution is -0.0371. The van der Waals surface area contributed by atoms with Crippen molar-refractivity contribution < 1.29 is 9.47 Å². The fourth-order valence-electron chi connectivity index (χ4n) is 2.58. The first-order valence-electron chi connectivity index (χ1n) is 7.66. The van der Waals surface area contributed by atoms with E-state index in [4.69, 9.17) is 9.47 Å². The first kappa shape index (κ1) is 15.3. The smallest absolute Gasteiger partial charge is 0.126 e. The Hall–Kier alpha value is -1.13. The van der Waals surface area contributed by atoms with E-state index >= 15 is 0 Å².